The summed E-state index contributed by atoms with van der Waals surface area (Å²) in [5.74, 6) is -2.21. The molecule has 0 spiro atoms. The topological polar surface area (TPSA) is 75.7 Å². The highest BCUT2D eigenvalue weighted by molar-refractivity contribution is 6.39. The number of carbonyl (C=O) groups excluding carboxylic acids is 3. The average Bonchev–Trinajstić information content (AvgIpc) is 2.78. The second kappa shape index (κ2) is 8.81. The minimum absolute atomic E-state index is 0.119. The maximum Gasteiger partial charge on any atom is 0.335 e. The van der Waals surface area contributed by atoms with Crippen LogP contribution in [-0.2, 0) is 16.2 Å². The average molecular weight is 434 g/mol. The molecule has 0 saturated carbocycles. The second-order valence-electron chi connectivity index (χ2n) is 6.89. The molecule has 32 heavy (non-hydrogen) atoms. The summed E-state index contributed by atoms with van der Waals surface area (Å²) in [6, 6.07) is 16.3. The van der Waals surface area contributed by atoms with Crippen molar-refractivity contribution in [1.29, 1.82) is 0 Å². The van der Waals surface area contributed by atoms with Crippen LogP contribution >= 0.6 is 0 Å². The molecule has 6 nitrogen and oxygen atoms in total. The third-order valence-electron chi connectivity index (χ3n) is 4.71. The van der Waals surface area contributed by atoms with Crippen molar-refractivity contribution in [3.8, 4) is 5.75 Å². The number of amides is 4. The molecule has 3 aromatic rings. The monoisotopic (exact) mass is 434 g/mol. The number of halogens is 2. The molecule has 4 amide bonds. The van der Waals surface area contributed by atoms with E-state index in [4.69, 9.17) is 4.74 Å². The minimum Gasteiger partial charge on any atom is -0.488 e. The second-order valence-corrected chi connectivity index (χ2v) is 6.89. The third kappa shape index (κ3) is 4.39. The van der Waals surface area contributed by atoms with Gasteiger partial charge in [-0.25, -0.2) is 18.5 Å². The highest BCUT2D eigenvalue weighted by Gasteiger charge is 2.37. The lowest BCUT2D eigenvalue weighted by atomic mass is 10.1. The molecule has 1 aliphatic rings. The van der Waals surface area contributed by atoms with Gasteiger partial charge in [0.2, 0.25) is 0 Å². The highest BCUT2D eigenvalue weighted by atomic mass is 19.1. The first-order chi connectivity index (χ1) is 15.4. The normalized spacial score (nSPS) is 15.1. The summed E-state index contributed by atoms with van der Waals surface area (Å²) in [5, 5.41) is 2.11. The molecule has 160 valence electrons. The number of nitrogens with zero attached hydrogens (tertiary/aromatic N) is 1. The fourth-order valence-electron chi connectivity index (χ4n) is 3.11. The lowest BCUT2D eigenvalue weighted by Crippen LogP contribution is -2.54. The molecule has 1 aliphatic heterocycles. The Kier molecular flexibility index (Phi) is 5.76. The lowest BCUT2D eigenvalue weighted by molar-refractivity contribution is -0.122. The molecule has 1 fully saturated rings. The first-order valence-electron chi connectivity index (χ1n) is 9.55. The predicted molar refractivity (Wildman–Crippen MR) is 113 cm³/mol. The molecule has 0 atom stereocenters. The van der Waals surface area contributed by atoms with E-state index in [-0.39, 0.29) is 23.7 Å². The SMILES string of the molecule is O=C1NC(=O)N(c2ccc(F)cc2)C(=O)/C1=C/c1ccccc1OCc1ccc(F)cc1. The smallest absolute Gasteiger partial charge is 0.335 e. The summed E-state index contributed by atoms with van der Waals surface area (Å²) in [4.78, 5) is 38.4. The molecule has 3 aromatic carbocycles. The summed E-state index contributed by atoms with van der Waals surface area (Å²) in [6.07, 6.45) is 1.32. The number of anilines is 1. The van der Waals surface area contributed by atoms with Crippen molar-refractivity contribution in [3.63, 3.8) is 0 Å². The zero-order valence-corrected chi connectivity index (χ0v) is 16.5. The number of hydrogen-bond donors (Lipinski definition) is 1. The van der Waals surface area contributed by atoms with E-state index in [0.29, 0.717) is 11.3 Å². The molecule has 4 rings (SSSR count). The zero-order valence-electron chi connectivity index (χ0n) is 16.5. The van der Waals surface area contributed by atoms with Crippen LogP contribution in [0.4, 0.5) is 19.3 Å². The van der Waals surface area contributed by atoms with Gasteiger partial charge in [-0.2, -0.15) is 0 Å². The Morgan fingerprint density at radius 3 is 2.16 bits per heavy atom. The molecule has 0 aromatic heterocycles. The van der Waals surface area contributed by atoms with Crippen molar-refractivity contribution < 1.29 is 27.9 Å². The van der Waals surface area contributed by atoms with Gasteiger partial charge in [0.25, 0.3) is 11.8 Å². The molecular weight excluding hydrogens is 418 g/mol. The maximum absolute atomic E-state index is 13.2. The van der Waals surface area contributed by atoms with Gasteiger partial charge in [0, 0.05) is 5.56 Å². The van der Waals surface area contributed by atoms with Crippen LogP contribution in [0.1, 0.15) is 11.1 Å². The van der Waals surface area contributed by atoms with Crippen molar-refractivity contribution in [2.75, 3.05) is 4.90 Å². The van der Waals surface area contributed by atoms with Crippen molar-refractivity contribution >= 4 is 29.6 Å². The van der Waals surface area contributed by atoms with Crippen molar-refractivity contribution in [3.05, 3.63) is 101 Å². The van der Waals surface area contributed by atoms with E-state index in [9.17, 15) is 23.2 Å². The lowest BCUT2D eigenvalue weighted by Gasteiger charge is -2.26. The van der Waals surface area contributed by atoms with Gasteiger partial charge in [-0.1, -0.05) is 30.3 Å². The van der Waals surface area contributed by atoms with Crippen LogP contribution in [0, 0.1) is 11.6 Å². The number of ether oxygens (including phenoxy) is 1. The maximum atomic E-state index is 13.2. The molecule has 8 heteroatoms. The number of rotatable bonds is 5. The van der Waals surface area contributed by atoms with E-state index in [1.165, 1.54) is 30.3 Å². The van der Waals surface area contributed by atoms with Crippen molar-refractivity contribution in [2.24, 2.45) is 0 Å². The largest absolute Gasteiger partial charge is 0.488 e. The Bertz CT molecular complexity index is 1220. The van der Waals surface area contributed by atoms with E-state index in [0.717, 1.165) is 22.6 Å². The Morgan fingerprint density at radius 1 is 0.844 bits per heavy atom. The van der Waals surface area contributed by atoms with Gasteiger partial charge in [-0.05, 0) is 54.1 Å². The summed E-state index contributed by atoms with van der Waals surface area (Å²) in [5.41, 5.74) is 0.995. The Hall–Kier alpha value is -4.33. The first-order valence-corrected chi connectivity index (χ1v) is 9.55. The highest BCUT2D eigenvalue weighted by Crippen LogP contribution is 2.26. The third-order valence-corrected chi connectivity index (χ3v) is 4.71. The number of hydrogen-bond acceptors (Lipinski definition) is 4. The fourth-order valence-corrected chi connectivity index (χ4v) is 3.11. The van der Waals surface area contributed by atoms with Crippen molar-refractivity contribution in [2.45, 2.75) is 6.61 Å². The molecule has 1 N–H and O–H groups in total. The molecule has 0 aliphatic carbocycles. The van der Waals surface area contributed by atoms with E-state index in [1.54, 1.807) is 36.4 Å². The van der Waals surface area contributed by atoms with Crippen LogP contribution < -0.4 is 15.0 Å². The minimum atomic E-state index is -0.926. The Labute approximate surface area is 181 Å². The first kappa shape index (κ1) is 20.9. The molecular formula is C24H16F2N2O4. The van der Waals surface area contributed by atoms with Gasteiger partial charge in [0.15, 0.2) is 0 Å². The molecule has 1 saturated heterocycles. The number of nitrogens with one attached hydrogen (secondary N) is 1. The van der Waals surface area contributed by atoms with E-state index in [1.807, 2.05) is 0 Å². The number of benzene rings is 3. The fraction of sp³-hybridized carbons (Fsp3) is 0.0417. The predicted octanol–water partition coefficient (Wildman–Crippen LogP) is 4.21. The van der Waals surface area contributed by atoms with Crippen molar-refractivity contribution in [1.82, 2.24) is 5.32 Å². The zero-order chi connectivity index (χ0) is 22.7. The van der Waals surface area contributed by atoms with E-state index in [2.05, 4.69) is 5.32 Å². The van der Waals surface area contributed by atoms with Crippen LogP contribution in [0.2, 0.25) is 0 Å². The number of para-hydroxylation sites is 1. The van der Waals surface area contributed by atoms with Crippen LogP contribution in [-0.4, -0.2) is 17.8 Å². The quantitative estimate of drug-likeness (QED) is 0.482. The van der Waals surface area contributed by atoms with E-state index < -0.39 is 23.7 Å². The number of carbonyl (C=O) groups is 3. The molecule has 0 unspecified atom stereocenters. The van der Waals surface area contributed by atoms with Gasteiger partial charge in [0.05, 0.1) is 5.69 Å². The van der Waals surface area contributed by atoms with Gasteiger partial charge in [0.1, 0.15) is 29.6 Å². The van der Waals surface area contributed by atoms with Gasteiger partial charge in [-0.3, -0.25) is 14.9 Å². The molecule has 1 heterocycles. The Morgan fingerprint density at radius 2 is 1.47 bits per heavy atom. The van der Waals surface area contributed by atoms with Crippen LogP contribution in [0.15, 0.2) is 78.4 Å². The number of barbiturate groups is 1. The van der Waals surface area contributed by atoms with Gasteiger partial charge >= 0.3 is 6.03 Å². The van der Waals surface area contributed by atoms with E-state index >= 15 is 0 Å². The van der Waals surface area contributed by atoms with Gasteiger partial charge < -0.3 is 4.74 Å². The summed E-state index contributed by atoms with van der Waals surface area (Å²) in [6.45, 7) is 0.140. The molecule has 0 bridgehead atoms. The standard InChI is InChI=1S/C24H16F2N2O4/c25-17-7-5-15(6-8-17)14-32-21-4-2-1-3-16(21)13-20-22(29)27-24(31)28(23(20)30)19-11-9-18(26)10-12-19/h1-13H,14H2,(H,27,29,31)/b20-13+. The number of imide groups is 2. The van der Waals surface area contributed by atoms with Gasteiger partial charge in [-0.15, -0.1) is 0 Å². The summed E-state index contributed by atoms with van der Waals surface area (Å²) < 4.78 is 32.1. The van der Waals surface area contributed by atoms with Crippen LogP contribution in [0.5, 0.6) is 5.75 Å². The summed E-state index contributed by atoms with van der Waals surface area (Å²) in [7, 11) is 0. The van der Waals surface area contributed by atoms with Crippen LogP contribution in [0.25, 0.3) is 6.08 Å². The molecule has 0 radical (unpaired) electrons. The van der Waals surface area contributed by atoms with Crippen LogP contribution in [0.3, 0.4) is 0 Å². The Balaban J connectivity index is 1.62. The number of urea groups is 1. The summed E-state index contributed by atoms with van der Waals surface area (Å²) >= 11 is 0.